The molecule has 0 bridgehead atoms. The molecule has 0 saturated heterocycles. The summed E-state index contributed by atoms with van der Waals surface area (Å²) < 4.78 is 67.3. The van der Waals surface area contributed by atoms with E-state index in [0.29, 0.717) is 22.8 Å². The Labute approximate surface area is 130 Å². The molecule has 124 valence electrons. The monoisotopic (exact) mass is 359 g/mol. The van der Waals surface area contributed by atoms with Crippen LogP contribution in [-0.4, -0.2) is 33.7 Å². The number of hydrogen-bond donors (Lipinski definition) is 1. The summed E-state index contributed by atoms with van der Waals surface area (Å²) in [5, 5.41) is 0.502. The van der Waals surface area contributed by atoms with Crippen LogP contribution in [0.2, 0.25) is 0 Å². The van der Waals surface area contributed by atoms with Gasteiger partial charge in [0.25, 0.3) is 0 Å². The minimum absolute atomic E-state index is 0.502. The largest absolute Gasteiger partial charge is 0.416 e. The number of anilines is 1. The number of nitrogens with zero attached hydrogens (tertiary/aromatic N) is 1. The van der Waals surface area contributed by atoms with E-state index in [-0.39, 0.29) is 0 Å². The lowest BCUT2D eigenvalue weighted by molar-refractivity contribution is -0.137. The first-order valence-electron chi connectivity index (χ1n) is 5.77. The Kier molecular flexibility index (Phi) is 5.85. The topological polar surface area (TPSA) is 66.8 Å². The second-order valence-electron chi connectivity index (χ2n) is 4.26. The summed E-state index contributed by atoms with van der Waals surface area (Å²) in [5.41, 5.74) is 0.509. The van der Waals surface area contributed by atoms with E-state index in [1.807, 2.05) is 0 Å². The van der Waals surface area contributed by atoms with E-state index in [1.54, 1.807) is 18.0 Å². The van der Waals surface area contributed by atoms with Crippen LogP contribution in [0.4, 0.5) is 18.9 Å². The first kappa shape index (κ1) is 18.8. The van der Waals surface area contributed by atoms with Crippen LogP contribution in [0.5, 0.6) is 0 Å². The Balaban J connectivity index is 0.000000346. The fourth-order valence-electron chi connectivity index (χ4n) is 1.65. The van der Waals surface area contributed by atoms with Crippen molar-refractivity contribution in [2.75, 3.05) is 25.6 Å². The standard InChI is InChI=1S/C11H9ClF3N.CH4O4S/c1-16-5-4-9(12)8-3-2-7(6-10(8)16)11(13,14)15;1-5-6(2,3)4/h2-4,6H,5H2,1H3;1H3,(H,2,3,4). The molecule has 1 aromatic rings. The zero-order chi connectivity index (χ0) is 17.1. The van der Waals surface area contributed by atoms with Crippen LogP contribution >= 0.6 is 11.6 Å². The fourth-order valence-corrected chi connectivity index (χ4v) is 1.88. The van der Waals surface area contributed by atoms with E-state index in [4.69, 9.17) is 16.2 Å². The number of rotatable bonds is 1. The Morgan fingerprint density at radius 3 is 2.36 bits per heavy atom. The summed E-state index contributed by atoms with van der Waals surface area (Å²) in [6.45, 7) is 0.521. The lowest BCUT2D eigenvalue weighted by atomic mass is 10.0. The third-order valence-corrected chi connectivity index (χ3v) is 3.53. The maximum Gasteiger partial charge on any atom is 0.416 e. The zero-order valence-electron chi connectivity index (χ0n) is 11.6. The second-order valence-corrected chi connectivity index (χ2v) is 5.85. The normalized spacial score (nSPS) is 14.7. The van der Waals surface area contributed by atoms with Crippen LogP contribution in [0.25, 0.3) is 5.03 Å². The van der Waals surface area contributed by atoms with Gasteiger partial charge in [0.1, 0.15) is 0 Å². The molecule has 0 radical (unpaired) electrons. The van der Waals surface area contributed by atoms with Crippen LogP contribution in [0.15, 0.2) is 24.3 Å². The van der Waals surface area contributed by atoms with Crippen molar-refractivity contribution in [3.05, 3.63) is 35.4 Å². The van der Waals surface area contributed by atoms with Crippen molar-refractivity contribution in [2.24, 2.45) is 0 Å². The number of halogens is 4. The van der Waals surface area contributed by atoms with Crippen molar-refractivity contribution < 1.29 is 30.3 Å². The summed E-state index contributed by atoms with van der Waals surface area (Å²) in [5.74, 6) is 0. The van der Waals surface area contributed by atoms with Crippen molar-refractivity contribution in [1.82, 2.24) is 0 Å². The van der Waals surface area contributed by atoms with Crippen molar-refractivity contribution in [1.29, 1.82) is 0 Å². The highest BCUT2D eigenvalue weighted by Gasteiger charge is 2.32. The highest BCUT2D eigenvalue weighted by atomic mass is 35.5. The third kappa shape index (κ3) is 5.16. The molecule has 1 aliphatic rings. The van der Waals surface area contributed by atoms with Crippen molar-refractivity contribution in [3.63, 3.8) is 0 Å². The van der Waals surface area contributed by atoms with Crippen molar-refractivity contribution in [3.8, 4) is 0 Å². The van der Waals surface area contributed by atoms with Gasteiger partial charge in [0.2, 0.25) is 0 Å². The van der Waals surface area contributed by atoms with Gasteiger partial charge in [-0.15, -0.1) is 0 Å². The molecular formula is C12H13ClF3NO4S. The third-order valence-electron chi connectivity index (χ3n) is 2.75. The number of alkyl halides is 3. The van der Waals surface area contributed by atoms with Gasteiger partial charge in [-0.3, -0.25) is 8.74 Å². The molecule has 0 aromatic heterocycles. The van der Waals surface area contributed by atoms with E-state index < -0.39 is 22.1 Å². The average Bonchev–Trinajstić information content (AvgIpc) is 2.41. The highest BCUT2D eigenvalue weighted by molar-refractivity contribution is 7.80. The van der Waals surface area contributed by atoms with Gasteiger partial charge in [-0.1, -0.05) is 17.7 Å². The van der Waals surface area contributed by atoms with Crippen LogP contribution in [0.1, 0.15) is 11.1 Å². The van der Waals surface area contributed by atoms with Crippen molar-refractivity contribution in [2.45, 2.75) is 6.18 Å². The van der Waals surface area contributed by atoms with E-state index in [9.17, 15) is 21.6 Å². The summed E-state index contributed by atoms with van der Waals surface area (Å²) in [6, 6.07) is 3.59. The van der Waals surface area contributed by atoms with E-state index >= 15 is 0 Å². The molecule has 0 fully saturated rings. The number of fused-ring (bicyclic) bond motifs is 1. The SMILES string of the molecule is CN1CC=C(Cl)c2ccc(C(F)(F)F)cc21.COS(=O)(=O)O. The van der Waals surface area contributed by atoms with Gasteiger partial charge in [0, 0.05) is 29.9 Å². The van der Waals surface area contributed by atoms with Gasteiger partial charge in [-0.2, -0.15) is 21.6 Å². The lowest BCUT2D eigenvalue weighted by Gasteiger charge is -2.26. The summed E-state index contributed by atoms with van der Waals surface area (Å²) >= 11 is 5.93. The molecule has 1 N–H and O–H groups in total. The Morgan fingerprint density at radius 1 is 1.36 bits per heavy atom. The van der Waals surface area contributed by atoms with Gasteiger partial charge in [0.05, 0.1) is 12.7 Å². The van der Waals surface area contributed by atoms with Gasteiger partial charge < -0.3 is 4.90 Å². The summed E-state index contributed by atoms with van der Waals surface area (Å²) in [4.78, 5) is 1.73. The molecule has 0 unspecified atom stereocenters. The van der Waals surface area contributed by atoms with Crippen LogP contribution < -0.4 is 4.90 Å². The smallest absolute Gasteiger partial charge is 0.370 e. The van der Waals surface area contributed by atoms with E-state index in [0.717, 1.165) is 19.2 Å². The predicted octanol–water partition coefficient (Wildman–Crippen LogP) is 3.17. The lowest BCUT2D eigenvalue weighted by Crippen LogP contribution is -2.22. The maximum absolute atomic E-state index is 12.5. The second kappa shape index (κ2) is 6.86. The van der Waals surface area contributed by atoms with E-state index in [2.05, 4.69) is 4.18 Å². The molecule has 0 aliphatic carbocycles. The fraction of sp³-hybridized carbons (Fsp3) is 0.333. The zero-order valence-corrected chi connectivity index (χ0v) is 13.1. The summed E-state index contributed by atoms with van der Waals surface area (Å²) in [7, 11) is -1.56. The Bertz CT molecular complexity index is 673. The van der Waals surface area contributed by atoms with Crippen molar-refractivity contribution >= 4 is 32.7 Å². The first-order valence-corrected chi connectivity index (χ1v) is 7.51. The van der Waals surface area contributed by atoms with Crippen LogP contribution in [0.3, 0.4) is 0 Å². The Hall–Kier alpha value is -1.29. The molecule has 22 heavy (non-hydrogen) atoms. The minimum Gasteiger partial charge on any atom is -0.370 e. The Morgan fingerprint density at radius 2 is 1.91 bits per heavy atom. The number of hydrogen-bond acceptors (Lipinski definition) is 4. The molecule has 1 aliphatic heterocycles. The first-order chi connectivity index (χ1) is 9.95. The predicted molar refractivity (Wildman–Crippen MR) is 77.1 cm³/mol. The quantitative estimate of drug-likeness (QED) is 0.780. The molecule has 0 saturated carbocycles. The number of benzene rings is 1. The molecule has 2 rings (SSSR count). The molecule has 1 aromatic carbocycles. The molecule has 1 heterocycles. The van der Waals surface area contributed by atoms with Crippen LogP contribution in [-0.2, 0) is 20.8 Å². The molecule has 5 nitrogen and oxygen atoms in total. The molecule has 10 heteroatoms. The average molecular weight is 360 g/mol. The molecule has 0 atom stereocenters. The molecule has 0 spiro atoms. The highest BCUT2D eigenvalue weighted by Crippen LogP contribution is 2.38. The molecular weight excluding hydrogens is 347 g/mol. The van der Waals surface area contributed by atoms with Gasteiger partial charge in [-0.25, -0.2) is 0 Å². The molecule has 0 amide bonds. The van der Waals surface area contributed by atoms with Gasteiger partial charge >= 0.3 is 16.6 Å². The van der Waals surface area contributed by atoms with Gasteiger partial charge in [-0.05, 0) is 18.2 Å². The number of likely N-dealkylation sites (N-methyl/N-ethyl adjacent to an activating group) is 1. The van der Waals surface area contributed by atoms with Crippen LogP contribution in [0, 0.1) is 0 Å². The summed E-state index contributed by atoms with van der Waals surface area (Å²) in [6.07, 6.45) is -2.54. The van der Waals surface area contributed by atoms with Gasteiger partial charge in [0.15, 0.2) is 0 Å². The maximum atomic E-state index is 12.5. The van der Waals surface area contributed by atoms with E-state index in [1.165, 1.54) is 6.07 Å². The minimum atomic E-state index is -4.32.